The Morgan fingerprint density at radius 2 is 2.23 bits per heavy atom. The Morgan fingerprint density at radius 3 is 2.95 bits per heavy atom. The quantitative estimate of drug-likeness (QED) is 0.747. The number of carbonyl (C=O) groups excluding carboxylic acids is 1. The first-order valence-corrected chi connectivity index (χ1v) is 8.83. The number of hydrogen-bond donors (Lipinski definition) is 3. The van der Waals surface area contributed by atoms with E-state index in [4.69, 9.17) is 5.11 Å². The molecule has 3 N–H and O–H groups in total. The zero-order chi connectivity index (χ0) is 16.1. The van der Waals surface area contributed by atoms with Gasteiger partial charge < -0.3 is 15.7 Å². The standard InChI is InChI=1S/C16H27N3O2S/c1-11(10-20)13(3)18-16(21)17-8-12(2)19-6-4-15-14(9-19)5-7-22-15/h5,7,11-13,20H,4,6,8-10H2,1-3H3,(H2,17,18,21). The lowest BCUT2D eigenvalue weighted by atomic mass is 10.1. The van der Waals surface area contributed by atoms with Gasteiger partial charge in [-0.15, -0.1) is 11.3 Å². The highest BCUT2D eigenvalue weighted by molar-refractivity contribution is 7.10. The third-order valence-electron chi connectivity index (χ3n) is 4.52. The van der Waals surface area contributed by atoms with E-state index in [2.05, 4.69) is 33.9 Å². The SMILES string of the molecule is CC(CO)C(C)NC(=O)NCC(C)N1CCc2sccc2C1. The van der Waals surface area contributed by atoms with Gasteiger partial charge in [0, 0.05) is 43.2 Å². The summed E-state index contributed by atoms with van der Waals surface area (Å²) in [5, 5.41) is 17.1. The van der Waals surface area contributed by atoms with E-state index in [1.54, 1.807) is 0 Å². The number of urea groups is 1. The maximum absolute atomic E-state index is 11.9. The lowest BCUT2D eigenvalue weighted by Gasteiger charge is -2.32. The fourth-order valence-corrected chi connectivity index (χ4v) is 3.46. The van der Waals surface area contributed by atoms with Crippen molar-refractivity contribution in [3.63, 3.8) is 0 Å². The van der Waals surface area contributed by atoms with Crippen molar-refractivity contribution in [3.8, 4) is 0 Å². The number of fused-ring (bicyclic) bond motifs is 1. The van der Waals surface area contributed by atoms with E-state index in [9.17, 15) is 4.79 Å². The number of aliphatic hydroxyl groups excluding tert-OH is 1. The highest BCUT2D eigenvalue weighted by Crippen LogP contribution is 2.24. The molecule has 2 amide bonds. The molecule has 1 aromatic rings. The molecule has 2 heterocycles. The molecule has 1 aliphatic rings. The summed E-state index contributed by atoms with van der Waals surface area (Å²) < 4.78 is 0. The molecule has 0 spiro atoms. The summed E-state index contributed by atoms with van der Waals surface area (Å²) in [6, 6.07) is 2.32. The molecule has 0 bridgehead atoms. The van der Waals surface area contributed by atoms with Gasteiger partial charge in [0.2, 0.25) is 0 Å². The van der Waals surface area contributed by atoms with E-state index >= 15 is 0 Å². The van der Waals surface area contributed by atoms with Crippen LogP contribution >= 0.6 is 11.3 Å². The van der Waals surface area contributed by atoms with Crippen LogP contribution < -0.4 is 10.6 Å². The van der Waals surface area contributed by atoms with E-state index in [0.29, 0.717) is 12.6 Å². The number of amides is 2. The van der Waals surface area contributed by atoms with Crippen LogP contribution in [0.2, 0.25) is 0 Å². The topological polar surface area (TPSA) is 64.6 Å². The number of carbonyl (C=O) groups is 1. The lowest BCUT2D eigenvalue weighted by Crippen LogP contribution is -2.49. The molecule has 124 valence electrons. The smallest absolute Gasteiger partial charge is 0.315 e. The third kappa shape index (κ3) is 4.44. The molecule has 0 saturated carbocycles. The van der Waals surface area contributed by atoms with Crippen molar-refractivity contribution in [1.29, 1.82) is 0 Å². The van der Waals surface area contributed by atoms with Gasteiger partial charge in [-0.1, -0.05) is 6.92 Å². The Balaban J connectivity index is 1.74. The van der Waals surface area contributed by atoms with Crippen LogP contribution in [0.15, 0.2) is 11.4 Å². The van der Waals surface area contributed by atoms with Gasteiger partial charge in [0.25, 0.3) is 0 Å². The predicted molar refractivity (Wildman–Crippen MR) is 90.1 cm³/mol. The van der Waals surface area contributed by atoms with E-state index in [1.807, 2.05) is 25.2 Å². The number of rotatable bonds is 6. The number of thiophene rings is 1. The zero-order valence-corrected chi connectivity index (χ0v) is 14.4. The minimum absolute atomic E-state index is 0.0383. The first-order valence-electron chi connectivity index (χ1n) is 7.95. The largest absolute Gasteiger partial charge is 0.396 e. The second-order valence-electron chi connectivity index (χ2n) is 6.24. The van der Waals surface area contributed by atoms with Crippen molar-refractivity contribution in [1.82, 2.24) is 15.5 Å². The van der Waals surface area contributed by atoms with Gasteiger partial charge in [0.05, 0.1) is 0 Å². The highest BCUT2D eigenvalue weighted by Gasteiger charge is 2.22. The van der Waals surface area contributed by atoms with Gasteiger partial charge in [-0.05, 0) is 43.2 Å². The van der Waals surface area contributed by atoms with Gasteiger partial charge in [0.1, 0.15) is 0 Å². The minimum Gasteiger partial charge on any atom is -0.396 e. The van der Waals surface area contributed by atoms with Gasteiger partial charge in [-0.2, -0.15) is 0 Å². The normalized spacial score (nSPS) is 19.1. The third-order valence-corrected chi connectivity index (χ3v) is 5.54. The molecular formula is C16H27N3O2S. The number of hydrogen-bond acceptors (Lipinski definition) is 4. The first kappa shape index (κ1) is 17.2. The maximum Gasteiger partial charge on any atom is 0.315 e. The molecule has 22 heavy (non-hydrogen) atoms. The van der Waals surface area contributed by atoms with Crippen molar-refractivity contribution in [2.75, 3.05) is 19.7 Å². The van der Waals surface area contributed by atoms with Crippen molar-refractivity contribution in [3.05, 3.63) is 21.9 Å². The second-order valence-corrected chi connectivity index (χ2v) is 7.24. The molecule has 2 rings (SSSR count). The van der Waals surface area contributed by atoms with E-state index in [-0.39, 0.29) is 24.6 Å². The molecule has 3 atom stereocenters. The summed E-state index contributed by atoms with van der Waals surface area (Å²) in [5.41, 5.74) is 1.43. The number of aliphatic hydroxyl groups is 1. The predicted octanol–water partition coefficient (Wildman–Crippen LogP) is 1.81. The van der Waals surface area contributed by atoms with Crippen LogP contribution in [0.1, 0.15) is 31.2 Å². The van der Waals surface area contributed by atoms with Crippen LogP contribution in [0.25, 0.3) is 0 Å². The lowest BCUT2D eigenvalue weighted by molar-refractivity contribution is 0.181. The minimum atomic E-state index is -0.159. The Kier molecular flexibility index (Phi) is 6.23. The molecule has 1 aromatic heterocycles. The molecule has 6 heteroatoms. The Labute approximate surface area is 136 Å². The van der Waals surface area contributed by atoms with Crippen molar-refractivity contribution < 1.29 is 9.90 Å². The summed E-state index contributed by atoms with van der Waals surface area (Å²) in [7, 11) is 0. The summed E-state index contributed by atoms with van der Waals surface area (Å²) in [5.74, 6) is 0.0577. The monoisotopic (exact) mass is 325 g/mol. The van der Waals surface area contributed by atoms with E-state index < -0.39 is 0 Å². The summed E-state index contributed by atoms with van der Waals surface area (Å²) in [6.45, 7) is 8.71. The molecule has 3 unspecified atom stereocenters. The van der Waals surface area contributed by atoms with Crippen LogP contribution in [0, 0.1) is 5.92 Å². The summed E-state index contributed by atoms with van der Waals surface area (Å²) in [4.78, 5) is 15.8. The fraction of sp³-hybridized carbons (Fsp3) is 0.688. The van der Waals surface area contributed by atoms with Gasteiger partial charge in [-0.25, -0.2) is 4.79 Å². The molecule has 0 saturated heterocycles. The van der Waals surface area contributed by atoms with Gasteiger partial charge in [-0.3, -0.25) is 4.90 Å². The molecular weight excluding hydrogens is 298 g/mol. The van der Waals surface area contributed by atoms with Crippen molar-refractivity contribution >= 4 is 17.4 Å². The highest BCUT2D eigenvalue weighted by atomic mass is 32.1. The van der Waals surface area contributed by atoms with Crippen LogP contribution in [-0.2, 0) is 13.0 Å². The maximum atomic E-state index is 11.9. The molecule has 0 aromatic carbocycles. The number of nitrogens with zero attached hydrogens (tertiary/aromatic N) is 1. The van der Waals surface area contributed by atoms with Gasteiger partial charge in [0.15, 0.2) is 0 Å². The molecule has 0 aliphatic carbocycles. The molecule has 0 fully saturated rings. The van der Waals surface area contributed by atoms with Crippen molar-refractivity contribution in [2.45, 2.75) is 45.8 Å². The Bertz CT molecular complexity index is 491. The molecule has 1 aliphatic heterocycles. The average Bonchev–Trinajstić information content (AvgIpc) is 2.99. The van der Waals surface area contributed by atoms with E-state index in [1.165, 1.54) is 10.4 Å². The summed E-state index contributed by atoms with van der Waals surface area (Å²) >= 11 is 1.84. The van der Waals surface area contributed by atoms with Crippen LogP contribution in [0.5, 0.6) is 0 Å². The first-order chi connectivity index (χ1) is 10.5. The van der Waals surface area contributed by atoms with E-state index in [0.717, 1.165) is 19.5 Å². The number of nitrogens with one attached hydrogen (secondary N) is 2. The van der Waals surface area contributed by atoms with Crippen LogP contribution in [0.3, 0.4) is 0 Å². The van der Waals surface area contributed by atoms with Crippen LogP contribution in [0.4, 0.5) is 4.79 Å². The zero-order valence-electron chi connectivity index (χ0n) is 13.6. The molecule has 0 radical (unpaired) electrons. The van der Waals surface area contributed by atoms with Gasteiger partial charge >= 0.3 is 6.03 Å². The fourth-order valence-electron chi connectivity index (χ4n) is 2.57. The molecule has 5 nitrogen and oxygen atoms in total. The Morgan fingerprint density at radius 1 is 1.45 bits per heavy atom. The average molecular weight is 325 g/mol. The second kappa shape index (κ2) is 7.94. The van der Waals surface area contributed by atoms with Crippen molar-refractivity contribution in [2.24, 2.45) is 5.92 Å². The van der Waals surface area contributed by atoms with Crippen LogP contribution in [-0.4, -0.2) is 47.8 Å². The summed E-state index contributed by atoms with van der Waals surface area (Å²) in [6.07, 6.45) is 1.11. The Hall–Kier alpha value is -1.11.